The van der Waals surface area contributed by atoms with E-state index in [9.17, 15) is 9.18 Å². The van der Waals surface area contributed by atoms with Crippen molar-refractivity contribution in [2.45, 2.75) is 20.5 Å². The maximum atomic E-state index is 14.4. The summed E-state index contributed by atoms with van der Waals surface area (Å²) < 4.78 is 31.7. The maximum Gasteiger partial charge on any atom is 0.266 e. The first-order chi connectivity index (χ1) is 15.5. The molecule has 0 fully saturated rings. The van der Waals surface area contributed by atoms with Crippen molar-refractivity contribution in [3.8, 4) is 11.5 Å². The molecule has 3 rings (SSSR count). The number of rotatable bonds is 11. The topological polar surface area (TPSA) is 60.0 Å². The zero-order valence-corrected chi connectivity index (χ0v) is 19.7. The lowest BCUT2D eigenvalue weighted by Crippen LogP contribution is -2.28. The van der Waals surface area contributed by atoms with Crippen molar-refractivity contribution < 1.29 is 23.4 Å². The van der Waals surface area contributed by atoms with Gasteiger partial charge in [-0.1, -0.05) is 19.9 Å². The second-order valence-electron chi connectivity index (χ2n) is 7.15. The second-order valence-corrected chi connectivity index (χ2v) is 8.20. The molecule has 0 aliphatic rings. The average Bonchev–Trinajstić information content (AvgIpc) is 3.17. The maximum absolute atomic E-state index is 14.4. The number of likely N-dealkylation sites (N-methyl/N-ethyl adjacent to an activating group) is 1. The molecule has 0 aliphatic carbocycles. The fraction of sp³-hybridized carbons (Fsp3) is 0.375. The van der Waals surface area contributed by atoms with Crippen LogP contribution in [0.5, 0.6) is 11.5 Å². The number of halogens is 1. The van der Waals surface area contributed by atoms with Gasteiger partial charge in [0.25, 0.3) is 5.91 Å². The number of thiophene rings is 1. The minimum Gasteiger partial charge on any atom is -0.493 e. The highest BCUT2D eigenvalue weighted by atomic mass is 32.1. The van der Waals surface area contributed by atoms with E-state index in [0.29, 0.717) is 44.3 Å². The van der Waals surface area contributed by atoms with E-state index in [1.165, 1.54) is 24.5 Å². The molecule has 3 aromatic rings. The van der Waals surface area contributed by atoms with Gasteiger partial charge < -0.3 is 24.4 Å². The molecule has 1 N–H and O–H groups in total. The molecule has 0 radical (unpaired) electrons. The van der Waals surface area contributed by atoms with Gasteiger partial charge in [-0.05, 0) is 37.4 Å². The molecule has 0 bridgehead atoms. The highest BCUT2D eigenvalue weighted by Crippen LogP contribution is 2.35. The van der Waals surface area contributed by atoms with Gasteiger partial charge in [0.05, 0.1) is 18.6 Å². The lowest BCUT2D eigenvalue weighted by molar-refractivity contribution is 0.102. The molecule has 1 amide bonds. The standard InChI is InChI=1S/C24H29FN2O4S/c1-5-27(6-2)12-13-31-20-14-16(10-11-19(20)30-4)26-24(28)23-17(15-29-3)22-18(25)8-7-9-21(22)32-23/h7-11,14H,5-6,12-13,15H2,1-4H3,(H,26,28). The largest absolute Gasteiger partial charge is 0.493 e. The highest BCUT2D eigenvalue weighted by molar-refractivity contribution is 7.21. The van der Waals surface area contributed by atoms with Crippen LogP contribution in [0, 0.1) is 5.82 Å². The number of methoxy groups -OCH3 is 2. The van der Waals surface area contributed by atoms with Crippen LogP contribution in [-0.2, 0) is 11.3 Å². The van der Waals surface area contributed by atoms with Crippen LogP contribution in [0.3, 0.4) is 0 Å². The van der Waals surface area contributed by atoms with Gasteiger partial charge in [-0.2, -0.15) is 0 Å². The molecule has 1 aromatic heterocycles. The Morgan fingerprint density at radius 3 is 2.59 bits per heavy atom. The van der Waals surface area contributed by atoms with Crippen molar-refractivity contribution in [3.63, 3.8) is 0 Å². The summed E-state index contributed by atoms with van der Waals surface area (Å²) in [7, 11) is 3.10. The number of carbonyl (C=O) groups excluding carboxylic acids is 1. The van der Waals surface area contributed by atoms with Gasteiger partial charge in [-0.3, -0.25) is 4.79 Å². The quantitative estimate of drug-likeness (QED) is 0.428. The van der Waals surface area contributed by atoms with E-state index in [4.69, 9.17) is 14.2 Å². The Morgan fingerprint density at radius 1 is 1.12 bits per heavy atom. The predicted octanol–water partition coefficient (Wildman–Crippen LogP) is 5.17. The van der Waals surface area contributed by atoms with Crippen molar-refractivity contribution in [2.75, 3.05) is 45.8 Å². The summed E-state index contributed by atoms with van der Waals surface area (Å²) in [5, 5.41) is 3.33. The molecule has 0 saturated heterocycles. The van der Waals surface area contributed by atoms with Crippen LogP contribution < -0.4 is 14.8 Å². The van der Waals surface area contributed by atoms with E-state index in [1.54, 1.807) is 37.4 Å². The van der Waals surface area contributed by atoms with Crippen LogP contribution in [0.1, 0.15) is 29.1 Å². The number of benzene rings is 2. The van der Waals surface area contributed by atoms with E-state index in [-0.39, 0.29) is 18.3 Å². The molecule has 8 heteroatoms. The number of hydrogen-bond donors (Lipinski definition) is 1. The molecular formula is C24H29FN2O4S. The summed E-state index contributed by atoms with van der Waals surface area (Å²) in [4.78, 5) is 15.8. The van der Waals surface area contributed by atoms with E-state index >= 15 is 0 Å². The fourth-order valence-electron chi connectivity index (χ4n) is 3.51. The Balaban J connectivity index is 1.82. The third-order valence-corrected chi connectivity index (χ3v) is 6.44. The molecular weight excluding hydrogens is 431 g/mol. The van der Waals surface area contributed by atoms with Crippen LogP contribution in [-0.4, -0.2) is 51.3 Å². The van der Waals surface area contributed by atoms with E-state index in [1.807, 2.05) is 0 Å². The van der Waals surface area contributed by atoms with Crippen LogP contribution >= 0.6 is 11.3 Å². The average molecular weight is 461 g/mol. The first kappa shape index (κ1) is 24.0. The Morgan fingerprint density at radius 2 is 1.91 bits per heavy atom. The minimum atomic E-state index is -0.363. The van der Waals surface area contributed by atoms with E-state index in [2.05, 4.69) is 24.1 Å². The molecule has 172 valence electrons. The molecule has 6 nitrogen and oxygen atoms in total. The molecule has 2 aromatic carbocycles. The number of fused-ring (bicyclic) bond motifs is 1. The second kappa shape index (κ2) is 11.3. The summed E-state index contributed by atoms with van der Waals surface area (Å²) in [6.45, 7) is 7.56. The first-order valence-electron chi connectivity index (χ1n) is 10.6. The summed E-state index contributed by atoms with van der Waals surface area (Å²) in [5.41, 5.74) is 1.11. The number of hydrogen-bond acceptors (Lipinski definition) is 6. The predicted molar refractivity (Wildman–Crippen MR) is 127 cm³/mol. The number of amides is 1. The van der Waals surface area contributed by atoms with Gasteiger partial charge in [0, 0.05) is 41.1 Å². The molecule has 32 heavy (non-hydrogen) atoms. The Labute approximate surface area is 191 Å². The summed E-state index contributed by atoms with van der Waals surface area (Å²) in [6, 6.07) is 10.1. The van der Waals surface area contributed by atoms with Gasteiger partial charge in [-0.15, -0.1) is 11.3 Å². The normalized spacial score (nSPS) is 11.2. The smallest absolute Gasteiger partial charge is 0.266 e. The van der Waals surface area contributed by atoms with Crippen LogP contribution in [0.2, 0.25) is 0 Å². The molecule has 0 spiro atoms. The number of nitrogens with zero attached hydrogens (tertiary/aromatic N) is 1. The first-order valence-corrected chi connectivity index (χ1v) is 11.4. The molecule has 0 aliphatic heterocycles. The number of carbonyl (C=O) groups is 1. The van der Waals surface area contributed by atoms with Gasteiger partial charge >= 0.3 is 0 Å². The summed E-state index contributed by atoms with van der Waals surface area (Å²) in [5.74, 6) is 0.457. The number of anilines is 1. The summed E-state index contributed by atoms with van der Waals surface area (Å²) in [6.07, 6.45) is 0. The minimum absolute atomic E-state index is 0.145. The lowest BCUT2D eigenvalue weighted by atomic mass is 10.1. The number of nitrogens with one attached hydrogen (secondary N) is 1. The van der Waals surface area contributed by atoms with Crippen molar-refractivity contribution in [1.29, 1.82) is 0 Å². The molecule has 0 saturated carbocycles. The van der Waals surface area contributed by atoms with Gasteiger partial charge in [0.2, 0.25) is 0 Å². The SMILES string of the molecule is CCN(CC)CCOc1cc(NC(=O)c2sc3cccc(F)c3c2COC)ccc1OC. The zero-order valence-electron chi connectivity index (χ0n) is 18.9. The monoisotopic (exact) mass is 460 g/mol. The van der Waals surface area contributed by atoms with Gasteiger partial charge in [0.1, 0.15) is 12.4 Å². The van der Waals surface area contributed by atoms with Crippen molar-refractivity contribution in [2.24, 2.45) is 0 Å². The molecule has 1 heterocycles. The van der Waals surface area contributed by atoms with E-state index in [0.717, 1.165) is 19.6 Å². The molecule has 0 unspecified atom stereocenters. The Kier molecular flexibility index (Phi) is 8.44. The van der Waals surface area contributed by atoms with Crippen molar-refractivity contribution in [1.82, 2.24) is 4.90 Å². The third-order valence-electron chi connectivity index (χ3n) is 5.24. The van der Waals surface area contributed by atoms with Gasteiger partial charge in [-0.25, -0.2) is 4.39 Å². The van der Waals surface area contributed by atoms with Gasteiger partial charge in [0.15, 0.2) is 11.5 Å². The van der Waals surface area contributed by atoms with Crippen LogP contribution in [0.4, 0.5) is 10.1 Å². The van der Waals surface area contributed by atoms with Crippen LogP contribution in [0.15, 0.2) is 36.4 Å². The fourth-order valence-corrected chi connectivity index (χ4v) is 4.63. The Hall–Kier alpha value is -2.68. The summed E-state index contributed by atoms with van der Waals surface area (Å²) >= 11 is 1.25. The van der Waals surface area contributed by atoms with Crippen molar-refractivity contribution in [3.05, 3.63) is 52.7 Å². The lowest BCUT2D eigenvalue weighted by Gasteiger charge is -2.19. The third kappa shape index (κ3) is 5.38. The van der Waals surface area contributed by atoms with E-state index < -0.39 is 0 Å². The Bertz CT molecular complexity index is 1070. The van der Waals surface area contributed by atoms with Crippen molar-refractivity contribution >= 4 is 33.0 Å². The van der Waals surface area contributed by atoms with Crippen LogP contribution in [0.25, 0.3) is 10.1 Å². The number of ether oxygens (including phenoxy) is 3. The molecule has 0 atom stereocenters. The highest BCUT2D eigenvalue weighted by Gasteiger charge is 2.21. The zero-order chi connectivity index (χ0) is 23.1.